The van der Waals surface area contributed by atoms with Crippen molar-refractivity contribution < 1.29 is 0 Å². The van der Waals surface area contributed by atoms with E-state index in [1.165, 1.54) is 0 Å². The molecule has 0 amide bonds. The number of nitrogens with one attached hydrogen (secondary N) is 2. The molecule has 64 valence electrons. The highest BCUT2D eigenvalue weighted by Gasteiger charge is 2.12. The van der Waals surface area contributed by atoms with Crippen molar-refractivity contribution in [2.24, 2.45) is 0 Å². The number of benzene rings is 1. The van der Waals surface area contributed by atoms with Crippen LogP contribution in [0.2, 0.25) is 5.02 Å². The summed E-state index contributed by atoms with van der Waals surface area (Å²) >= 11 is 9.44. The fourth-order valence-electron chi connectivity index (χ4n) is 1.26. The molecule has 0 spiro atoms. The molecule has 1 heterocycles. The predicted molar refractivity (Wildman–Crippen MR) is 56.1 cm³/mol. The summed E-state index contributed by atoms with van der Waals surface area (Å²) in [5, 5.41) is 7.26. The van der Waals surface area contributed by atoms with Crippen LogP contribution in [-0.4, -0.2) is 13.1 Å². The van der Waals surface area contributed by atoms with Gasteiger partial charge in [-0.25, -0.2) is 0 Å². The molecule has 2 rings (SSSR count). The molecule has 1 aromatic carbocycles. The fourth-order valence-corrected chi connectivity index (χ4v) is 1.82. The van der Waals surface area contributed by atoms with Crippen LogP contribution in [0.1, 0.15) is 0 Å². The zero-order valence-electron chi connectivity index (χ0n) is 6.32. The van der Waals surface area contributed by atoms with Gasteiger partial charge in [0.2, 0.25) is 0 Å². The molecule has 1 aliphatic rings. The summed E-state index contributed by atoms with van der Waals surface area (Å²) in [7, 11) is 0. The summed E-state index contributed by atoms with van der Waals surface area (Å²) in [5.74, 6) is 0. The average molecular weight is 248 g/mol. The van der Waals surface area contributed by atoms with E-state index in [0.717, 1.165) is 34.0 Å². The van der Waals surface area contributed by atoms with E-state index in [4.69, 9.17) is 11.6 Å². The van der Waals surface area contributed by atoms with E-state index in [-0.39, 0.29) is 0 Å². The van der Waals surface area contributed by atoms with Gasteiger partial charge in [-0.2, -0.15) is 0 Å². The molecule has 0 aliphatic carbocycles. The minimum atomic E-state index is 0.750. The van der Waals surface area contributed by atoms with E-state index in [0.29, 0.717) is 0 Å². The lowest BCUT2D eigenvalue weighted by atomic mass is 10.2. The lowest BCUT2D eigenvalue weighted by Gasteiger charge is -2.21. The standard InChI is InChI=1S/C8H8BrClN2/c9-5-1-2-6-8(7(5)10)12-4-3-11-6/h1-2,11-12H,3-4H2. The molecule has 0 fully saturated rings. The maximum absolute atomic E-state index is 6.06. The lowest BCUT2D eigenvalue weighted by molar-refractivity contribution is 1.05. The van der Waals surface area contributed by atoms with Crippen molar-refractivity contribution in [3.63, 3.8) is 0 Å². The van der Waals surface area contributed by atoms with Crippen LogP contribution in [0.3, 0.4) is 0 Å². The number of hydrogen-bond donors (Lipinski definition) is 2. The monoisotopic (exact) mass is 246 g/mol. The maximum Gasteiger partial charge on any atom is 0.0800 e. The van der Waals surface area contributed by atoms with Gasteiger partial charge < -0.3 is 10.6 Å². The van der Waals surface area contributed by atoms with Crippen molar-refractivity contribution in [2.75, 3.05) is 23.7 Å². The molecular formula is C8H8BrClN2. The number of anilines is 2. The summed E-state index contributed by atoms with van der Waals surface area (Å²) in [4.78, 5) is 0. The van der Waals surface area contributed by atoms with Crippen molar-refractivity contribution in [3.05, 3.63) is 21.6 Å². The van der Waals surface area contributed by atoms with Crippen LogP contribution in [0.25, 0.3) is 0 Å². The van der Waals surface area contributed by atoms with Gasteiger partial charge in [0, 0.05) is 17.6 Å². The Morgan fingerprint density at radius 2 is 2.00 bits per heavy atom. The molecule has 1 aromatic rings. The molecule has 2 N–H and O–H groups in total. The Morgan fingerprint density at radius 1 is 1.25 bits per heavy atom. The zero-order chi connectivity index (χ0) is 8.55. The second-order valence-electron chi connectivity index (χ2n) is 2.64. The molecule has 1 aliphatic heterocycles. The highest BCUT2D eigenvalue weighted by molar-refractivity contribution is 9.10. The van der Waals surface area contributed by atoms with E-state index in [1.807, 2.05) is 12.1 Å². The Balaban J connectivity index is 2.54. The van der Waals surface area contributed by atoms with Gasteiger partial charge in [-0.1, -0.05) is 11.6 Å². The van der Waals surface area contributed by atoms with Crippen LogP contribution in [0.15, 0.2) is 16.6 Å². The number of rotatable bonds is 0. The quantitative estimate of drug-likeness (QED) is 0.736. The second-order valence-corrected chi connectivity index (χ2v) is 3.87. The molecule has 12 heavy (non-hydrogen) atoms. The maximum atomic E-state index is 6.06. The van der Waals surface area contributed by atoms with Crippen LogP contribution >= 0.6 is 27.5 Å². The molecule has 2 nitrogen and oxygen atoms in total. The first-order valence-corrected chi connectivity index (χ1v) is 4.92. The molecule has 0 saturated carbocycles. The Labute approximate surface area is 84.4 Å². The minimum absolute atomic E-state index is 0.750. The Bertz CT molecular complexity index is 314. The normalized spacial score (nSPS) is 14.5. The molecule has 0 unspecified atom stereocenters. The summed E-state index contributed by atoms with van der Waals surface area (Å²) in [6.45, 7) is 1.87. The average Bonchev–Trinajstić information content (AvgIpc) is 2.12. The largest absolute Gasteiger partial charge is 0.382 e. The van der Waals surface area contributed by atoms with Crippen molar-refractivity contribution in [1.82, 2.24) is 0 Å². The molecule has 0 radical (unpaired) electrons. The van der Waals surface area contributed by atoms with Crippen molar-refractivity contribution in [2.45, 2.75) is 0 Å². The summed E-state index contributed by atoms with van der Waals surface area (Å²) < 4.78 is 0.930. The molecule has 4 heteroatoms. The first-order valence-electron chi connectivity index (χ1n) is 3.75. The number of hydrogen-bond acceptors (Lipinski definition) is 2. The van der Waals surface area contributed by atoms with Crippen LogP contribution < -0.4 is 10.6 Å². The van der Waals surface area contributed by atoms with Crippen LogP contribution in [0.4, 0.5) is 11.4 Å². The van der Waals surface area contributed by atoms with Gasteiger partial charge in [0.05, 0.1) is 16.4 Å². The molecule has 0 aromatic heterocycles. The minimum Gasteiger partial charge on any atom is -0.382 e. The highest BCUT2D eigenvalue weighted by atomic mass is 79.9. The molecule has 0 bridgehead atoms. The third-order valence-electron chi connectivity index (χ3n) is 1.84. The summed E-state index contributed by atoms with van der Waals surface area (Å²) in [5.41, 5.74) is 2.08. The molecule has 0 atom stereocenters. The van der Waals surface area contributed by atoms with Crippen LogP contribution in [-0.2, 0) is 0 Å². The fraction of sp³-hybridized carbons (Fsp3) is 0.250. The van der Waals surface area contributed by atoms with Crippen LogP contribution in [0, 0.1) is 0 Å². The van der Waals surface area contributed by atoms with Gasteiger partial charge in [-0.15, -0.1) is 0 Å². The van der Waals surface area contributed by atoms with E-state index in [1.54, 1.807) is 0 Å². The van der Waals surface area contributed by atoms with E-state index in [9.17, 15) is 0 Å². The Hall–Kier alpha value is -0.410. The van der Waals surface area contributed by atoms with E-state index in [2.05, 4.69) is 26.6 Å². The molecule has 0 saturated heterocycles. The Kier molecular flexibility index (Phi) is 2.15. The van der Waals surface area contributed by atoms with Crippen molar-refractivity contribution in [1.29, 1.82) is 0 Å². The third-order valence-corrected chi connectivity index (χ3v) is 3.12. The lowest BCUT2D eigenvalue weighted by Crippen LogP contribution is -2.20. The zero-order valence-corrected chi connectivity index (χ0v) is 8.67. The summed E-state index contributed by atoms with van der Waals surface area (Å²) in [6, 6.07) is 3.96. The van der Waals surface area contributed by atoms with Gasteiger partial charge >= 0.3 is 0 Å². The SMILES string of the molecule is Clc1c(Br)ccc2c1NCCN2. The van der Waals surface area contributed by atoms with Gasteiger partial charge in [-0.05, 0) is 28.1 Å². The first kappa shape index (κ1) is 8.20. The van der Waals surface area contributed by atoms with Crippen molar-refractivity contribution in [3.8, 4) is 0 Å². The van der Waals surface area contributed by atoms with Gasteiger partial charge in [0.15, 0.2) is 0 Å². The van der Waals surface area contributed by atoms with Crippen LogP contribution in [0.5, 0.6) is 0 Å². The number of halogens is 2. The van der Waals surface area contributed by atoms with Gasteiger partial charge in [0.1, 0.15) is 0 Å². The summed E-state index contributed by atoms with van der Waals surface area (Å²) in [6.07, 6.45) is 0. The van der Waals surface area contributed by atoms with Gasteiger partial charge in [-0.3, -0.25) is 0 Å². The van der Waals surface area contributed by atoms with E-state index >= 15 is 0 Å². The molecular weight excluding hydrogens is 239 g/mol. The van der Waals surface area contributed by atoms with Gasteiger partial charge in [0.25, 0.3) is 0 Å². The Morgan fingerprint density at radius 3 is 2.83 bits per heavy atom. The predicted octanol–water partition coefficient (Wildman–Crippen LogP) is 2.94. The first-order chi connectivity index (χ1) is 5.79. The van der Waals surface area contributed by atoms with E-state index < -0.39 is 0 Å². The smallest absolute Gasteiger partial charge is 0.0800 e. The second kappa shape index (κ2) is 3.15. The highest BCUT2D eigenvalue weighted by Crippen LogP contribution is 2.37. The number of fused-ring (bicyclic) bond motifs is 1. The third kappa shape index (κ3) is 1.27. The van der Waals surface area contributed by atoms with Crippen molar-refractivity contribution >= 4 is 38.9 Å². The topological polar surface area (TPSA) is 24.1 Å².